The zero-order chi connectivity index (χ0) is 24.0. The van der Waals surface area contributed by atoms with Gasteiger partial charge in [-0.05, 0) is 55.3 Å². The third-order valence-electron chi connectivity index (χ3n) is 5.09. The van der Waals surface area contributed by atoms with E-state index in [0.29, 0.717) is 11.4 Å². The van der Waals surface area contributed by atoms with Crippen LogP contribution in [-0.4, -0.2) is 38.7 Å². The fraction of sp³-hybridized carbons (Fsp3) is 0.200. The van der Waals surface area contributed by atoms with Crippen LogP contribution in [0.25, 0.3) is 0 Å². The molecule has 0 unspecified atom stereocenters. The van der Waals surface area contributed by atoms with Gasteiger partial charge in [-0.25, -0.2) is 8.42 Å². The number of carbonyl (C=O) groups excluding carboxylic acids is 2. The van der Waals surface area contributed by atoms with Gasteiger partial charge in [-0.2, -0.15) is 0 Å². The average molecular weight is 466 g/mol. The number of aryl methyl sites for hydroxylation is 2. The molecule has 0 radical (unpaired) electrons. The highest BCUT2D eigenvalue weighted by Crippen LogP contribution is 2.19. The average Bonchev–Trinajstić information content (AvgIpc) is 2.80. The van der Waals surface area contributed by atoms with E-state index in [0.717, 1.165) is 17.5 Å². The number of carbonyl (C=O) groups is 2. The van der Waals surface area contributed by atoms with Crippen molar-refractivity contribution < 1.29 is 18.0 Å². The standard InChI is InChI=1S/C25H27N3O4S/c1-4-19-8-5-6-11-23(19)26-24(29)17-28(3)25(30)20-9-7-10-22(16-20)33(31,32)27-21-14-12-18(2)13-15-21/h5-16,27H,4,17H2,1-3H3,(H,26,29). The second-order valence-electron chi connectivity index (χ2n) is 7.72. The molecule has 0 saturated heterocycles. The summed E-state index contributed by atoms with van der Waals surface area (Å²) in [5.41, 5.74) is 3.32. The second kappa shape index (κ2) is 10.3. The molecule has 0 saturated carbocycles. The van der Waals surface area contributed by atoms with Crippen LogP contribution in [0.2, 0.25) is 0 Å². The Morgan fingerprint density at radius 3 is 2.33 bits per heavy atom. The SMILES string of the molecule is CCc1ccccc1NC(=O)CN(C)C(=O)c1cccc(S(=O)(=O)Nc2ccc(C)cc2)c1. The van der Waals surface area contributed by atoms with Crippen LogP contribution < -0.4 is 10.0 Å². The van der Waals surface area contributed by atoms with E-state index in [9.17, 15) is 18.0 Å². The van der Waals surface area contributed by atoms with Crippen molar-refractivity contribution in [3.8, 4) is 0 Å². The topological polar surface area (TPSA) is 95.6 Å². The van der Waals surface area contributed by atoms with Crippen LogP contribution in [0, 0.1) is 6.92 Å². The Hall–Kier alpha value is -3.65. The van der Waals surface area contributed by atoms with Crippen molar-refractivity contribution in [2.24, 2.45) is 0 Å². The minimum atomic E-state index is -3.88. The Kier molecular flexibility index (Phi) is 7.50. The van der Waals surface area contributed by atoms with Gasteiger partial charge in [0.1, 0.15) is 0 Å². The Labute approximate surface area is 194 Å². The lowest BCUT2D eigenvalue weighted by atomic mass is 10.1. The van der Waals surface area contributed by atoms with Gasteiger partial charge in [0, 0.05) is 24.0 Å². The number of nitrogens with one attached hydrogen (secondary N) is 2. The van der Waals surface area contributed by atoms with E-state index in [1.165, 1.54) is 36.2 Å². The Balaban J connectivity index is 1.70. The van der Waals surface area contributed by atoms with Crippen molar-refractivity contribution in [3.63, 3.8) is 0 Å². The van der Waals surface area contributed by atoms with Crippen molar-refractivity contribution in [1.82, 2.24) is 4.90 Å². The van der Waals surface area contributed by atoms with Gasteiger partial charge in [0.2, 0.25) is 5.91 Å². The molecule has 0 spiro atoms. The van der Waals surface area contributed by atoms with Crippen molar-refractivity contribution in [2.45, 2.75) is 25.2 Å². The number of hydrogen-bond acceptors (Lipinski definition) is 4. The molecule has 0 aliphatic carbocycles. The zero-order valence-corrected chi connectivity index (χ0v) is 19.6. The van der Waals surface area contributed by atoms with E-state index in [1.807, 2.05) is 38.1 Å². The number of amides is 2. The van der Waals surface area contributed by atoms with E-state index < -0.39 is 15.9 Å². The summed E-state index contributed by atoms with van der Waals surface area (Å²) in [6.45, 7) is 3.73. The first-order chi connectivity index (χ1) is 15.7. The maximum Gasteiger partial charge on any atom is 0.261 e. The van der Waals surface area contributed by atoms with Crippen LogP contribution in [0.3, 0.4) is 0 Å². The molecule has 0 bridgehead atoms. The first kappa shape index (κ1) is 24.0. The highest BCUT2D eigenvalue weighted by Gasteiger charge is 2.20. The third kappa shape index (κ3) is 6.20. The highest BCUT2D eigenvalue weighted by molar-refractivity contribution is 7.92. The summed E-state index contributed by atoms with van der Waals surface area (Å²) in [7, 11) is -2.38. The number of anilines is 2. The number of para-hydroxylation sites is 1. The number of likely N-dealkylation sites (N-methyl/N-ethyl adjacent to an activating group) is 1. The van der Waals surface area contributed by atoms with Crippen LogP contribution in [0.1, 0.15) is 28.4 Å². The minimum Gasteiger partial charge on any atom is -0.332 e. The first-order valence-corrected chi connectivity index (χ1v) is 12.0. The van der Waals surface area contributed by atoms with Gasteiger partial charge in [0.25, 0.3) is 15.9 Å². The Morgan fingerprint density at radius 1 is 0.939 bits per heavy atom. The Bertz CT molecular complexity index is 1250. The minimum absolute atomic E-state index is 0.0383. The molecule has 2 N–H and O–H groups in total. The number of sulfonamides is 1. The van der Waals surface area contributed by atoms with Gasteiger partial charge in [-0.15, -0.1) is 0 Å². The molecule has 0 aliphatic rings. The molecular weight excluding hydrogens is 438 g/mol. The number of hydrogen-bond donors (Lipinski definition) is 2. The van der Waals surface area contributed by atoms with Crippen LogP contribution in [0.15, 0.2) is 77.7 Å². The quantitative estimate of drug-likeness (QED) is 0.524. The second-order valence-corrected chi connectivity index (χ2v) is 9.40. The number of benzene rings is 3. The van der Waals surface area contributed by atoms with E-state index in [4.69, 9.17) is 0 Å². The molecule has 8 heteroatoms. The van der Waals surface area contributed by atoms with Gasteiger partial charge in [0.05, 0.1) is 11.4 Å². The Morgan fingerprint density at radius 2 is 1.64 bits per heavy atom. The molecule has 0 heterocycles. The van der Waals surface area contributed by atoms with Crippen LogP contribution in [0.4, 0.5) is 11.4 Å². The lowest BCUT2D eigenvalue weighted by Gasteiger charge is -2.18. The first-order valence-electron chi connectivity index (χ1n) is 10.5. The van der Waals surface area contributed by atoms with E-state index in [1.54, 1.807) is 24.3 Å². The third-order valence-corrected chi connectivity index (χ3v) is 6.47. The molecule has 7 nitrogen and oxygen atoms in total. The van der Waals surface area contributed by atoms with Crippen LogP contribution in [0.5, 0.6) is 0 Å². The fourth-order valence-corrected chi connectivity index (χ4v) is 4.38. The number of rotatable bonds is 8. The van der Waals surface area contributed by atoms with Crippen molar-refractivity contribution >= 4 is 33.2 Å². The van der Waals surface area contributed by atoms with Crippen LogP contribution in [-0.2, 0) is 21.2 Å². The number of nitrogens with zero attached hydrogens (tertiary/aromatic N) is 1. The summed E-state index contributed by atoms with van der Waals surface area (Å²) < 4.78 is 28.1. The normalized spacial score (nSPS) is 11.0. The lowest BCUT2D eigenvalue weighted by Crippen LogP contribution is -2.35. The molecule has 3 rings (SSSR count). The van der Waals surface area contributed by atoms with Gasteiger partial charge >= 0.3 is 0 Å². The monoisotopic (exact) mass is 465 g/mol. The van der Waals surface area contributed by atoms with Gasteiger partial charge < -0.3 is 10.2 Å². The molecule has 0 aromatic heterocycles. The predicted molar refractivity (Wildman–Crippen MR) is 130 cm³/mol. The lowest BCUT2D eigenvalue weighted by molar-refractivity contribution is -0.116. The molecular formula is C25H27N3O4S. The molecule has 3 aromatic carbocycles. The summed E-state index contributed by atoms with van der Waals surface area (Å²) >= 11 is 0. The summed E-state index contributed by atoms with van der Waals surface area (Å²) in [6, 6.07) is 20.2. The zero-order valence-electron chi connectivity index (χ0n) is 18.8. The molecule has 33 heavy (non-hydrogen) atoms. The fourth-order valence-electron chi connectivity index (χ4n) is 3.28. The summed E-state index contributed by atoms with van der Waals surface area (Å²) in [6.07, 6.45) is 0.767. The molecule has 0 aliphatic heterocycles. The molecule has 0 fully saturated rings. The summed E-state index contributed by atoms with van der Waals surface area (Å²) in [4.78, 5) is 26.5. The molecule has 0 atom stereocenters. The van der Waals surface area contributed by atoms with E-state index >= 15 is 0 Å². The molecule has 3 aromatic rings. The van der Waals surface area contributed by atoms with Gasteiger partial charge in [0.15, 0.2) is 0 Å². The van der Waals surface area contributed by atoms with Crippen molar-refractivity contribution in [1.29, 1.82) is 0 Å². The van der Waals surface area contributed by atoms with Gasteiger partial charge in [-0.1, -0.05) is 48.9 Å². The summed E-state index contributed by atoms with van der Waals surface area (Å²) in [5.74, 6) is -0.794. The van der Waals surface area contributed by atoms with Crippen molar-refractivity contribution in [3.05, 3.63) is 89.5 Å². The highest BCUT2D eigenvalue weighted by atomic mass is 32.2. The van der Waals surface area contributed by atoms with Crippen molar-refractivity contribution in [2.75, 3.05) is 23.6 Å². The van der Waals surface area contributed by atoms with Crippen LogP contribution >= 0.6 is 0 Å². The smallest absolute Gasteiger partial charge is 0.261 e. The van der Waals surface area contributed by atoms with E-state index in [-0.39, 0.29) is 22.9 Å². The summed E-state index contributed by atoms with van der Waals surface area (Å²) in [5, 5.41) is 2.83. The maximum atomic E-state index is 12.9. The largest absolute Gasteiger partial charge is 0.332 e. The molecule has 2 amide bonds. The predicted octanol–water partition coefficient (Wildman–Crippen LogP) is 4.07. The van der Waals surface area contributed by atoms with Gasteiger partial charge in [-0.3, -0.25) is 14.3 Å². The maximum absolute atomic E-state index is 12.9. The van der Waals surface area contributed by atoms with E-state index in [2.05, 4.69) is 10.0 Å². The molecule has 172 valence electrons.